The van der Waals surface area contributed by atoms with E-state index in [0.717, 1.165) is 5.56 Å². The topological polar surface area (TPSA) is 79.3 Å². The van der Waals surface area contributed by atoms with Gasteiger partial charge in [0.2, 0.25) is 0 Å². The SMILES string of the molecule is CC(C)(C)OC(=O)N1CC(c2ccc(N)c(C#N)c2)C1. The molecule has 0 atom stereocenters. The van der Waals surface area contributed by atoms with Crippen molar-refractivity contribution in [3.8, 4) is 6.07 Å². The van der Waals surface area contributed by atoms with E-state index < -0.39 is 5.60 Å². The quantitative estimate of drug-likeness (QED) is 0.797. The van der Waals surface area contributed by atoms with Crippen molar-refractivity contribution in [3.63, 3.8) is 0 Å². The highest BCUT2D eigenvalue weighted by atomic mass is 16.6. The molecule has 5 heteroatoms. The number of ether oxygens (including phenoxy) is 1. The summed E-state index contributed by atoms with van der Waals surface area (Å²) in [5.41, 5.74) is 7.23. The molecule has 2 rings (SSSR count). The van der Waals surface area contributed by atoms with Crippen molar-refractivity contribution in [1.82, 2.24) is 4.90 Å². The van der Waals surface area contributed by atoms with Crippen LogP contribution in [0.3, 0.4) is 0 Å². The Morgan fingerprint density at radius 2 is 2.10 bits per heavy atom. The number of benzene rings is 1. The highest BCUT2D eigenvalue weighted by Crippen LogP contribution is 2.30. The van der Waals surface area contributed by atoms with Crippen molar-refractivity contribution in [2.75, 3.05) is 18.8 Å². The van der Waals surface area contributed by atoms with Crippen LogP contribution in [0.15, 0.2) is 18.2 Å². The van der Waals surface area contributed by atoms with Crippen molar-refractivity contribution >= 4 is 11.8 Å². The minimum Gasteiger partial charge on any atom is -0.444 e. The Bertz CT molecular complexity index is 563. The van der Waals surface area contributed by atoms with Gasteiger partial charge in [-0.15, -0.1) is 0 Å². The molecule has 0 radical (unpaired) electrons. The highest BCUT2D eigenvalue weighted by Gasteiger charge is 2.34. The van der Waals surface area contributed by atoms with Gasteiger partial charge in [-0.3, -0.25) is 0 Å². The molecule has 1 aliphatic rings. The van der Waals surface area contributed by atoms with Gasteiger partial charge in [0.05, 0.1) is 5.56 Å². The Morgan fingerprint density at radius 3 is 2.65 bits per heavy atom. The molecule has 1 aromatic rings. The molecule has 5 nitrogen and oxygen atoms in total. The van der Waals surface area contributed by atoms with Crippen LogP contribution in [0.25, 0.3) is 0 Å². The zero-order valence-electron chi connectivity index (χ0n) is 12.0. The molecule has 1 amide bonds. The average Bonchev–Trinajstić information content (AvgIpc) is 2.26. The summed E-state index contributed by atoms with van der Waals surface area (Å²) in [6.07, 6.45) is -0.287. The second kappa shape index (κ2) is 5.04. The molecule has 1 heterocycles. The Kier molecular flexibility index (Phi) is 3.58. The minimum absolute atomic E-state index is 0.246. The van der Waals surface area contributed by atoms with Crippen LogP contribution in [0.4, 0.5) is 10.5 Å². The average molecular weight is 273 g/mol. The maximum Gasteiger partial charge on any atom is 0.410 e. The van der Waals surface area contributed by atoms with Crippen LogP contribution in [0.1, 0.15) is 37.8 Å². The zero-order valence-corrected chi connectivity index (χ0v) is 12.0. The van der Waals surface area contributed by atoms with Gasteiger partial charge < -0.3 is 15.4 Å². The molecule has 1 saturated heterocycles. The molecule has 2 N–H and O–H groups in total. The summed E-state index contributed by atoms with van der Waals surface area (Å²) in [6.45, 7) is 6.78. The Balaban J connectivity index is 1.97. The zero-order chi connectivity index (χ0) is 14.9. The number of rotatable bonds is 1. The first-order valence-corrected chi connectivity index (χ1v) is 6.57. The van der Waals surface area contributed by atoms with Crippen molar-refractivity contribution in [2.24, 2.45) is 0 Å². The van der Waals surface area contributed by atoms with E-state index in [1.807, 2.05) is 26.8 Å². The highest BCUT2D eigenvalue weighted by molar-refractivity contribution is 5.69. The smallest absolute Gasteiger partial charge is 0.410 e. The molecule has 106 valence electrons. The van der Waals surface area contributed by atoms with Gasteiger partial charge in [0, 0.05) is 24.7 Å². The number of anilines is 1. The van der Waals surface area contributed by atoms with Crippen LogP contribution in [0, 0.1) is 11.3 Å². The maximum absolute atomic E-state index is 11.8. The van der Waals surface area contributed by atoms with Crippen LogP contribution < -0.4 is 5.73 Å². The lowest BCUT2D eigenvalue weighted by atomic mass is 9.90. The molecule has 0 spiro atoms. The van der Waals surface area contributed by atoms with Gasteiger partial charge in [-0.2, -0.15) is 5.26 Å². The van der Waals surface area contributed by atoms with Gasteiger partial charge in [0.1, 0.15) is 11.7 Å². The van der Waals surface area contributed by atoms with E-state index in [2.05, 4.69) is 6.07 Å². The number of carbonyl (C=O) groups is 1. The molecule has 1 aliphatic heterocycles. The number of nitrogen functional groups attached to an aromatic ring is 1. The van der Waals surface area contributed by atoms with E-state index in [0.29, 0.717) is 24.3 Å². The molecule has 0 bridgehead atoms. The van der Waals surface area contributed by atoms with E-state index in [4.69, 9.17) is 15.7 Å². The van der Waals surface area contributed by atoms with Crippen molar-refractivity contribution in [2.45, 2.75) is 32.3 Å². The Morgan fingerprint density at radius 1 is 1.45 bits per heavy atom. The van der Waals surface area contributed by atoms with Crippen LogP contribution in [0.2, 0.25) is 0 Å². The first-order valence-electron chi connectivity index (χ1n) is 6.57. The molecule has 0 saturated carbocycles. The monoisotopic (exact) mass is 273 g/mol. The fraction of sp³-hybridized carbons (Fsp3) is 0.467. The van der Waals surface area contributed by atoms with Gasteiger partial charge in [-0.1, -0.05) is 6.07 Å². The maximum atomic E-state index is 11.8. The summed E-state index contributed by atoms with van der Waals surface area (Å²) >= 11 is 0. The summed E-state index contributed by atoms with van der Waals surface area (Å²) in [7, 11) is 0. The van der Waals surface area contributed by atoms with Crippen molar-refractivity contribution < 1.29 is 9.53 Å². The predicted molar refractivity (Wildman–Crippen MR) is 76.1 cm³/mol. The molecule has 1 aromatic carbocycles. The second-order valence-electron chi connectivity index (χ2n) is 6.04. The number of carbonyl (C=O) groups excluding carboxylic acids is 1. The lowest BCUT2D eigenvalue weighted by molar-refractivity contribution is 0.00820. The van der Waals surface area contributed by atoms with Gasteiger partial charge in [0.15, 0.2) is 0 Å². The van der Waals surface area contributed by atoms with Gasteiger partial charge in [-0.05, 0) is 38.5 Å². The number of hydrogen-bond acceptors (Lipinski definition) is 4. The predicted octanol–water partition coefficient (Wildman–Crippen LogP) is 2.47. The molecule has 1 fully saturated rings. The molecule has 0 aromatic heterocycles. The summed E-state index contributed by atoms with van der Waals surface area (Å²) in [5.74, 6) is 0.246. The first kappa shape index (κ1) is 14.2. The molecule has 0 unspecified atom stereocenters. The van der Waals surface area contributed by atoms with Crippen LogP contribution in [-0.2, 0) is 4.74 Å². The third-order valence-electron chi connectivity index (χ3n) is 3.20. The Hall–Kier alpha value is -2.22. The lowest BCUT2D eigenvalue weighted by Crippen LogP contribution is -2.50. The van der Waals surface area contributed by atoms with Crippen LogP contribution in [0.5, 0.6) is 0 Å². The van der Waals surface area contributed by atoms with E-state index in [1.165, 1.54) is 0 Å². The van der Waals surface area contributed by atoms with Crippen LogP contribution >= 0.6 is 0 Å². The number of nitrogens with two attached hydrogens (primary N) is 1. The van der Waals surface area contributed by atoms with E-state index >= 15 is 0 Å². The van der Waals surface area contributed by atoms with Crippen molar-refractivity contribution in [3.05, 3.63) is 29.3 Å². The number of hydrogen-bond donors (Lipinski definition) is 1. The lowest BCUT2D eigenvalue weighted by Gasteiger charge is -2.40. The number of nitrogens with zero attached hydrogens (tertiary/aromatic N) is 2. The largest absolute Gasteiger partial charge is 0.444 e. The summed E-state index contributed by atoms with van der Waals surface area (Å²) in [4.78, 5) is 13.5. The first-order chi connectivity index (χ1) is 9.30. The van der Waals surface area contributed by atoms with Crippen molar-refractivity contribution in [1.29, 1.82) is 5.26 Å². The van der Waals surface area contributed by atoms with Gasteiger partial charge in [0.25, 0.3) is 0 Å². The fourth-order valence-electron chi connectivity index (χ4n) is 2.09. The van der Waals surface area contributed by atoms with E-state index in [1.54, 1.807) is 17.0 Å². The molecule has 0 aliphatic carbocycles. The molecular formula is C15H19N3O2. The van der Waals surface area contributed by atoms with Gasteiger partial charge in [-0.25, -0.2) is 4.79 Å². The summed E-state index contributed by atoms with van der Waals surface area (Å²) in [5, 5.41) is 8.97. The Labute approximate surface area is 118 Å². The third-order valence-corrected chi connectivity index (χ3v) is 3.20. The molecular weight excluding hydrogens is 254 g/mol. The fourth-order valence-corrected chi connectivity index (χ4v) is 2.09. The standard InChI is InChI=1S/C15H19N3O2/c1-15(2,3)20-14(19)18-8-12(9-18)10-4-5-13(17)11(6-10)7-16/h4-6,12H,8-9,17H2,1-3H3. The minimum atomic E-state index is -0.475. The number of amides is 1. The normalized spacial score (nSPS) is 15.4. The molecule has 20 heavy (non-hydrogen) atoms. The number of likely N-dealkylation sites (tertiary alicyclic amines) is 1. The van der Waals surface area contributed by atoms with Gasteiger partial charge >= 0.3 is 6.09 Å². The van der Waals surface area contributed by atoms with Crippen LogP contribution in [-0.4, -0.2) is 29.7 Å². The number of nitriles is 1. The van der Waals surface area contributed by atoms with E-state index in [9.17, 15) is 4.79 Å². The summed E-state index contributed by atoms with van der Waals surface area (Å²) < 4.78 is 5.30. The second-order valence-corrected chi connectivity index (χ2v) is 6.04. The summed E-state index contributed by atoms with van der Waals surface area (Å²) in [6, 6.07) is 7.52. The van der Waals surface area contributed by atoms with E-state index in [-0.39, 0.29) is 12.0 Å². The third kappa shape index (κ3) is 3.02.